The molecule has 0 bridgehead atoms. The number of para-hydroxylation sites is 1. The summed E-state index contributed by atoms with van der Waals surface area (Å²) in [6.45, 7) is -0.942. The number of rotatable bonds is 2. The average molecular weight is 203 g/mol. The highest BCUT2D eigenvalue weighted by Gasteiger charge is 2.16. The molecule has 5 heteroatoms. The van der Waals surface area contributed by atoms with Crippen LogP contribution >= 0.6 is 0 Å². The second-order valence-electron chi connectivity index (χ2n) is 2.65. The van der Waals surface area contributed by atoms with Crippen molar-refractivity contribution in [1.82, 2.24) is 0 Å². The molecule has 0 spiro atoms. The quantitative estimate of drug-likeness (QED) is 0.734. The molecule has 0 aliphatic carbocycles. The first-order chi connectivity index (χ1) is 5.96. The maximum absolute atomic E-state index is 12.2. The molecular formula is C8H8FO3S. The van der Waals surface area contributed by atoms with Crippen LogP contribution in [0.1, 0.15) is 5.56 Å². The van der Waals surface area contributed by atoms with Crippen LogP contribution < -0.4 is 0 Å². The molecule has 1 aromatic carbocycles. The van der Waals surface area contributed by atoms with Crippen molar-refractivity contribution in [2.45, 2.75) is 11.6 Å². The Labute approximate surface area is 75.7 Å². The summed E-state index contributed by atoms with van der Waals surface area (Å²) in [7, 11) is -3.55. The van der Waals surface area contributed by atoms with Crippen molar-refractivity contribution in [2.75, 3.05) is 6.26 Å². The zero-order valence-electron chi connectivity index (χ0n) is 6.95. The normalized spacial score (nSPS) is 11.5. The lowest BCUT2D eigenvalue weighted by atomic mass is 10.2. The Morgan fingerprint density at radius 3 is 2.46 bits per heavy atom. The minimum Gasteiger partial charge on any atom is -0.288 e. The fourth-order valence-corrected chi connectivity index (χ4v) is 1.75. The van der Waals surface area contributed by atoms with Gasteiger partial charge >= 0.3 is 0 Å². The second-order valence-corrected chi connectivity index (χ2v) is 4.63. The highest BCUT2D eigenvalue weighted by atomic mass is 32.2. The van der Waals surface area contributed by atoms with Crippen molar-refractivity contribution in [3.8, 4) is 5.75 Å². The number of hydrogen-bond donors (Lipinski definition) is 0. The lowest BCUT2D eigenvalue weighted by Gasteiger charge is -2.01. The molecule has 0 fully saturated rings. The van der Waals surface area contributed by atoms with Gasteiger partial charge in [-0.2, -0.15) is 0 Å². The van der Waals surface area contributed by atoms with Crippen molar-refractivity contribution in [3.63, 3.8) is 0 Å². The third-order valence-corrected chi connectivity index (χ3v) is 2.72. The summed E-state index contributed by atoms with van der Waals surface area (Å²) in [5, 5.41) is 11.2. The SMILES string of the molecule is CS(=O)(=O)c1cccc(CF)c1[O]. The second kappa shape index (κ2) is 3.33. The van der Waals surface area contributed by atoms with Gasteiger partial charge in [0.05, 0.1) is 0 Å². The zero-order chi connectivity index (χ0) is 10.1. The average Bonchev–Trinajstić information content (AvgIpc) is 2.02. The van der Waals surface area contributed by atoms with Crippen molar-refractivity contribution < 1.29 is 17.9 Å². The molecular weight excluding hydrogens is 195 g/mol. The molecule has 1 radical (unpaired) electrons. The van der Waals surface area contributed by atoms with Gasteiger partial charge in [0.15, 0.2) is 9.84 Å². The van der Waals surface area contributed by atoms with Gasteiger partial charge in [-0.1, -0.05) is 12.1 Å². The third kappa shape index (κ3) is 1.98. The van der Waals surface area contributed by atoms with Crippen LogP contribution in [0.2, 0.25) is 0 Å². The van der Waals surface area contributed by atoms with E-state index in [4.69, 9.17) is 0 Å². The van der Waals surface area contributed by atoms with Gasteiger partial charge in [0, 0.05) is 11.8 Å². The Bertz CT molecular complexity index is 411. The van der Waals surface area contributed by atoms with E-state index in [9.17, 15) is 17.9 Å². The smallest absolute Gasteiger partial charge is 0.203 e. The molecule has 1 rings (SSSR count). The predicted octanol–water partition coefficient (Wildman–Crippen LogP) is 1.70. The van der Waals surface area contributed by atoms with E-state index in [1.54, 1.807) is 0 Å². The summed E-state index contributed by atoms with van der Waals surface area (Å²) in [4.78, 5) is -0.345. The van der Waals surface area contributed by atoms with Crippen LogP contribution in [0, 0.1) is 0 Å². The molecule has 0 amide bonds. The maximum Gasteiger partial charge on any atom is 0.203 e. The van der Waals surface area contributed by atoms with Gasteiger partial charge in [-0.3, -0.25) is 5.11 Å². The molecule has 0 aliphatic rings. The van der Waals surface area contributed by atoms with Crippen molar-refractivity contribution in [2.24, 2.45) is 0 Å². The molecule has 0 saturated heterocycles. The fraction of sp³-hybridized carbons (Fsp3) is 0.250. The first-order valence-corrected chi connectivity index (χ1v) is 5.41. The molecule has 0 aliphatic heterocycles. The standard InChI is InChI=1S/C8H8FO3S/c1-13(11,12)7-4-2-3-6(5-9)8(7)10/h2-4H,5H2,1H3. The number of benzene rings is 1. The summed E-state index contributed by atoms with van der Waals surface area (Å²) in [6.07, 6.45) is 0.922. The van der Waals surface area contributed by atoms with Crippen LogP contribution in [0.3, 0.4) is 0 Å². The maximum atomic E-state index is 12.2. The van der Waals surface area contributed by atoms with Crippen LogP contribution in [0.15, 0.2) is 23.1 Å². The Kier molecular flexibility index (Phi) is 2.56. The summed E-state index contributed by atoms with van der Waals surface area (Å²) in [5.41, 5.74) is -0.122. The van der Waals surface area contributed by atoms with Gasteiger partial charge in [-0.25, -0.2) is 12.8 Å². The topological polar surface area (TPSA) is 54.0 Å². The Morgan fingerprint density at radius 2 is 2.00 bits per heavy atom. The molecule has 0 heterocycles. The number of halogens is 1. The van der Waals surface area contributed by atoms with E-state index in [1.807, 2.05) is 0 Å². The molecule has 71 valence electrons. The highest BCUT2D eigenvalue weighted by Crippen LogP contribution is 2.27. The third-order valence-electron chi connectivity index (χ3n) is 1.60. The molecule has 0 N–H and O–H groups in total. The zero-order valence-corrected chi connectivity index (χ0v) is 7.77. The van der Waals surface area contributed by atoms with Gasteiger partial charge in [0.1, 0.15) is 11.6 Å². The lowest BCUT2D eigenvalue weighted by Crippen LogP contribution is -1.98. The minimum atomic E-state index is -3.55. The first kappa shape index (κ1) is 9.98. The van der Waals surface area contributed by atoms with Crippen LogP contribution in [0.5, 0.6) is 5.75 Å². The van der Waals surface area contributed by atoms with Crippen LogP contribution in [0.25, 0.3) is 0 Å². The van der Waals surface area contributed by atoms with Crippen LogP contribution in [-0.4, -0.2) is 14.7 Å². The summed E-state index contributed by atoms with van der Waals surface area (Å²) >= 11 is 0. The highest BCUT2D eigenvalue weighted by molar-refractivity contribution is 7.90. The Morgan fingerprint density at radius 1 is 1.38 bits per heavy atom. The van der Waals surface area contributed by atoms with E-state index in [0.717, 1.165) is 6.26 Å². The molecule has 0 unspecified atom stereocenters. The van der Waals surface area contributed by atoms with Crippen molar-refractivity contribution in [3.05, 3.63) is 23.8 Å². The van der Waals surface area contributed by atoms with Gasteiger partial charge in [-0.05, 0) is 6.07 Å². The molecule has 13 heavy (non-hydrogen) atoms. The van der Waals surface area contributed by atoms with E-state index < -0.39 is 22.3 Å². The predicted molar refractivity (Wildman–Crippen MR) is 44.5 cm³/mol. The van der Waals surface area contributed by atoms with Gasteiger partial charge in [-0.15, -0.1) is 0 Å². The first-order valence-electron chi connectivity index (χ1n) is 3.51. The lowest BCUT2D eigenvalue weighted by molar-refractivity contribution is 0.329. The van der Waals surface area contributed by atoms with Crippen LogP contribution in [-0.2, 0) is 21.6 Å². The van der Waals surface area contributed by atoms with Gasteiger partial charge in [0.25, 0.3) is 0 Å². The monoisotopic (exact) mass is 203 g/mol. The minimum absolute atomic E-state index is 0.122. The number of hydrogen-bond acceptors (Lipinski definition) is 2. The van der Waals surface area contributed by atoms with E-state index in [1.165, 1.54) is 18.2 Å². The molecule has 1 aromatic rings. The molecule has 3 nitrogen and oxygen atoms in total. The molecule has 0 aromatic heterocycles. The van der Waals surface area contributed by atoms with E-state index >= 15 is 0 Å². The van der Waals surface area contributed by atoms with E-state index in [2.05, 4.69) is 0 Å². The van der Waals surface area contributed by atoms with Crippen LogP contribution in [0.4, 0.5) is 4.39 Å². The molecule has 0 saturated carbocycles. The number of sulfone groups is 1. The van der Waals surface area contributed by atoms with Gasteiger partial charge < -0.3 is 0 Å². The Hall–Kier alpha value is -1.10. The van der Waals surface area contributed by atoms with E-state index in [0.29, 0.717) is 0 Å². The van der Waals surface area contributed by atoms with Crippen molar-refractivity contribution >= 4 is 9.84 Å². The largest absolute Gasteiger partial charge is 0.288 e. The summed E-state index contributed by atoms with van der Waals surface area (Å²) in [6, 6.07) is 3.81. The number of alkyl halides is 1. The Balaban J connectivity index is 3.41. The fourth-order valence-electron chi connectivity index (χ4n) is 0.958. The summed E-state index contributed by atoms with van der Waals surface area (Å²) in [5.74, 6) is -0.743. The van der Waals surface area contributed by atoms with E-state index in [-0.39, 0.29) is 10.5 Å². The summed E-state index contributed by atoms with van der Waals surface area (Å²) < 4.78 is 34.2. The molecule has 0 atom stereocenters. The van der Waals surface area contributed by atoms with Gasteiger partial charge in [0.2, 0.25) is 5.75 Å². The van der Waals surface area contributed by atoms with Crippen molar-refractivity contribution in [1.29, 1.82) is 0 Å².